The second-order valence-electron chi connectivity index (χ2n) is 9.11. The predicted octanol–water partition coefficient (Wildman–Crippen LogP) is 4.30. The van der Waals surface area contributed by atoms with E-state index in [1.165, 1.54) is 36.8 Å². The molecule has 2 saturated carbocycles. The summed E-state index contributed by atoms with van der Waals surface area (Å²) < 4.78 is 12.9. The number of carbonyl (C=O) groups is 1. The number of aromatic nitrogens is 2. The molecule has 2 aromatic rings. The Morgan fingerprint density at radius 1 is 1.10 bits per heavy atom. The van der Waals surface area contributed by atoms with Crippen LogP contribution in [0.25, 0.3) is 0 Å². The van der Waals surface area contributed by atoms with Crippen LogP contribution in [-0.2, 0) is 11.3 Å². The summed E-state index contributed by atoms with van der Waals surface area (Å²) in [4.78, 5) is 12.9. The van der Waals surface area contributed by atoms with Crippen LogP contribution in [0.5, 0.6) is 11.5 Å². The number of hydrogen-bond acceptors (Lipinski definition) is 4. The molecular formula is C25H35N3O3. The number of benzene rings is 1. The van der Waals surface area contributed by atoms with Gasteiger partial charge >= 0.3 is 0 Å². The first kappa shape index (κ1) is 21.7. The lowest BCUT2D eigenvalue weighted by atomic mass is 9.53. The smallest absolute Gasteiger partial charge is 0.222 e. The molecule has 0 bridgehead atoms. The van der Waals surface area contributed by atoms with Gasteiger partial charge in [0, 0.05) is 30.6 Å². The highest BCUT2D eigenvalue weighted by molar-refractivity contribution is 5.76. The van der Waals surface area contributed by atoms with Crippen LogP contribution in [0, 0.1) is 32.6 Å². The minimum absolute atomic E-state index is 0.115. The van der Waals surface area contributed by atoms with Crippen LogP contribution < -0.4 is 14.8 Å². The third-order valence-corrected chi connectivity index (χ3v) is 7.60. The number of methoxy groups -OCH3 is 2. The van der Waals surface area contributed by atoms with E-state index in [4.69, 9.17) is 9.47 Å². The molecule has 0 saturated heterocycles. The summed E-state index contributed by atoms with van der Waals surface area (Å²) in [5, 5.41) is 7.96. The Labute approximate surface area is 185 Å². The van der Waals surface area contributed by atoms with Gasteiger partial charge < -0.3 is 14.8 Å². The Bertz CT molecular complexity index is 952. The number of rotatable bonds is 7. The first-order valence-corrected chi connectivity index (χ1v) is 11.5. The van der Waals surface area contributed by atoms with Gasteiger partial charge in [0.15, 0.2) is 11.5 Å². The fourth-order valence-corrected chi connectivity index (χ4v) is 5.65. The van der Waals surface area contributed by atoms with Crippen LogP contribution in [-0.4, -0.2) is 35.9 Å². The number of hydrogen-bond donors (Lipinski definition) is 1. The second kappa shape index (κ2) is 8.93. The van der Waals surface area contributed by atoms with Gasteiger partial charge in [0.25, 0.3) is 0 Å². The molecule has 0 radical (unpaired) electrons. The molecule has 31 heavy (non-hydrogen) atoms. The van der Waals surface area contributed by atoms with Gasteiger partial charge in [-0.1, -0.05) is 18.9 Å². The minimum Gasteiger partial charge on any atom is -0.493 e. The lowest BCUT2D eigenvalue weighted by Crippen LogP contribution is -2.59. The molecule has 2 aliphatic carbocycles. The van der Waals surface area contributed by atoms with Crippen molar-refractivity contribution in [3.63, 3.8) is 0 Å². The monoisotopic (exact) mass is 425 g/mol. The summed E-state index contributed by atoms with van der Waals surface area (Å²) in [5.41, 5.74) is 4.62. The number of fused-ring (bicyclic) bond motifs is 1. The quantitative estimate of drug-likeness (QED) is 0.718. The minimum atomic E-state index is 0.115. The molecule has 1 aromatic carbocycles. The molecule has 1 aromatic heterocycles. The Hall–Kier alpha value is -2.50. The molecule has 0 spiro atoms. The maximum Gasteiger partial charge on any atom is 0.222 e. The molecule has 1 N–H and O–H groups in total. The van der Waals surface area contributed by atoms with Crippen LogP contribution in [0.3, 0.4) is 0 Å². The maximum absolute atomic E-state index is 12.9. The van der Waals surface area contributed by atoms with Gasteiger partial charge in [0.2, 0.25) is 5.91 Å². The van der Waals surface area contributed by atoms with Crippen LogP contribution in [0.2, 0.25) is 0 Å². The van der Waals surface area contributed by atoms with E-state index in [0.29, 0.717) is 30.7 Å². The lowest BCUT2D eigenvalue weighted by molar-refractivity contribution is -0.125. The maximum atomic E-state index is 12.9. The van der Waals surface area contributed by atoms with Gasteiger partial charge in [-0.15, -0.1) is 0 Å². The van der Waals surface area contributed by atoms with Crippen molar-refractivity contribution in [1.82, 2.24) is 15.1 Å². The van der Waals surface area contributed by atoms with Crippen molar-refractivity contribution in [2.24, 2.45) is 11.8 Å². The molecule has 2 fully saturated rings. The van der Waals surface area contributed by atoms with Crippen molar-refractivity contribution in [3.05, 3.63) is 40.7 Å². The van der Waals surface area contributed by atoms with E-state index >= 15 is 0 Å². The Balaban J connectivity index is 1.47. The number of aryl methyl sites for hydroxylation is 2. The highest BCUT2D eigenvalue weighted by atomic mass is 16.5. The molecule has 0 aliphatic heterocycles. The van der Waals surface area contributed by atoms with E-state index in [1.54, 1.807) is 14.2 Å². The van der Waals surface area contributed by atoms with Crippen molar-refractivity contribution in [1.29, 1.82) is 0 Å². The van der Waals surface area contributed by atoms with E-state index in [1.807, 2.05) is 17.7 Å². The second-order valence-corrected chi connectivity index (χ2v) is 9.11. The van der Waals surface area contributed by atoms with Crippen molar-refractivity contribution < 1.29 is 14.3 Å². The number of ether oxygens (including phenoxy) is 2. The standard InChI is InChI=1S/C25H35N3O3/c1-15-16(2)27-28(17(15)3)13-12-23(29)26-25-20-9-7-6-8-19(20)24(25)18-10-11-21(30-4)22(14-18)31-5/h10-11,14,19-20,24-25H,6-9,12-13H2,1-5H3,(H,26,29)/t19-,20+,24-,25-/m0/s1. The molecule has 6 heteroatoms. The topological polar surface area (TPSA) is 65.4 Å². The number of nitrogens with zero attached hydrogens (tertiary/aromatic N) is 2. The highest BCUT2D eigenvalue weighted by Gasteiger charge is 2.51. The average Bonchev–Trinajstić information content (AvgIpc) is 3.02. The first-order chi connectivity index (χ1) is 14.9. The van der Waals surface area contributed by atoms with Crippen molar-refractivity contribution >= 4 is 5.91 Å². The van der Waals surface area contributed by atoms with Gasteiger partial charge in [-0.05, 0) is 68.7 Å². The molecule has 4 atom stereocenters. The highest BCUT2D eigenvalue weighted by Crippen LogP contribution is 2.55. The fraction of sp³-hybridized carbons (Fsp3) is 0.600. The predicted molar refractivity (Wildman–Crippen MR) is 121 cm³/mol. The molecule has 0 unspecified atom stereocenters. The van der Waals surface area contributed by atoms with Crippen molar-refractivity contribution in [2.45, 2.75) is 71.4 Å². The van der Waals surface area contributed by atoms with E-state index in [0.717, 1.165) is 22.9 Å². The SMILES string of the molecule is COc1ccc([C@H]2[C@H]3CCCC[C@H]3[C@@H]2NC(=O)CCn2nc(C)c(C)c2C)cc1OC. The Morgan fingerprint density at radius 2 is 1.81 bits per heavy atom. The van der Waals surface area contributed by atoms with Crippen molar-refractivity contribution in [3.8, 4) is 11.5 Å². The average molecular weight is 426 g/mol. The molecular weight excluding hydrogens is 390 g/mol. The zero-order valence-corrected chi connectivity index (χ0v) is 19.4. The third kappa shape index (κ3) is 4.04. The summed E-state index contributed by atoms with van der Waals surface area (Å²) in [6, 6.07) is 6.40. The third-order valence-electron chi connectivity index (χ3n) is 7.60. The molecule has 168 valence electrons. The summed E-state index contributed by atoms with van der Waals surface area (Å²) >= 11 is 0. The van der Waals surface area contributed by atoms with E-state index in [9.17, 15) is 4.79 Å². The zero-order valence-electron chi connectivity index (χ0n) is 19.4. The van der Waals surface area contributed by atoms with Crippen LogP contribution in [0.1, 0.15) is 60.5 Å². The summed E-state index contributed by atoms with van der Waals surface area (Å²) in [5.74, 6) is 3.16. The normalized spacial score (nSPS) is 24.8. The van der Waals surface area contributed by atoms with Gasteiger partial charge in [-0.3, -0.25) is 9.48 Å². The summed E-state index contributed by atoms with van der Waals surface area (Å²) in [7, 11) is 3.33. The van der Waals surface area contributed by atoms with Crippen molar-refractivity contribution in [2.75, 3.05) is 14.2 Å². The molecule has 1 amide bonds. The zero-order chi connectivity index (χ0) is 22.1. The number of nitrogens with one attached hydrogen (secondary N) is 1. The lowest BCUT2D eigenvalue weighted by Gasteiger charge is -2.55. The van der Waals surface area contributed by atoms with Gasteiger partial charge in [0.1, 0.15) is 0 Å². The Kier molecular flexibility index (Phi) is 6.26. The van der Waals surface area contributed by atoms with E-state index in [-0.39, 0.29) is 11.9 Å². The molecule has 6 nitrogen and oxygen atoms in total. The largest absolute Gasteiger partial charge is 0.493 e. The summed E-state index contributed by atoms with van der Waals surface area (Å²) in [6.07, 6.45) is 5.44. The number of carbonyl (C=O) groups excluding carboxylic acids is 1. The van der Waals surface area contributed by atoms with Gasteiger partial charge in [0.05, 0.1) is 19.9 Å². The number of amides is 1. The summed E-state index contributed by atoms with van der Waals surface area (Å²) in [6.45, 7) is 6.79. The molecule has 4 rings (SSSR count). The fourth-order valence-electron chi connectivity index (χ4n) is 5.65. The van der Waals surface area contributed by atoms with Gasteiger partial charge in [-0.25, -0.2) is 0 Å². The molecule has 2 aliphatic rings. The van der Waals surface area contributed by atoms with Gasteiger partial charge in [-0.2, -0.15) is 5.10 Å². The van der Waals surface area contributed by atoms with Crippen LogP contribution >= 0.6 is 0 Å². The van der Waals surface area contributed by atoms with Crippen LogP contribution in [0.4, 0.5) is 0 Å². The Morgan fingerprint density at radius 3 is 2.45 bits per heavy atom. The van der Waals surface area contributed by atoms with Crippen LogP contribution in [0.15, 0.2) is 18.2 Å². The van der Waals surface area contributed by atoms with E-state index in [2.05, 4.69) is 36.4 Å². The first-order valence-electron chi connectivity index (χ1n) is 11.5. The van der Waals surface area contributed by atoms with E-state index < -0.39 is 0 Å². The molecule has 1 heterocycles.